The monoisotopic (exact) mass is 343 g/mol. The smallest absolute Gasteiger partial charge is 0.314 e. The number of rotatable bonds is 2. The lowest BCUT2D eigenvalue weighted by Gasteiger charge is -2.32. The molecule has 132 valence electrons. The van der Waals surface area contributed by atoms with Crippen LogP contribution in [-0.4, -0.2) is 34.1 Å². The van der Waals surface area contributed by atoms with Gasteiger partial charge in [-0.05, 0) is 37.5 Å². The first-order valence-corrected chi connectivity index (χ1v) is 8.76. The molecule has 2 aromatic rings. The maximum atomic E-state index is 12.5. The molecule has 1 aromatic heterocycles. The van der Waals surface area contributed by atoms with Crippen LogP contribution in [0.4, 0.5) is 0 Å². The van der Waals surface area contributed by atoms with Gasteiger partial charge in [0.2, 0.25) is 0 Å². The second-order valence-corrected chi connectivity index (χ2v) is 7.10. The van der Waals surface area contributed by atoms with Crippen molar-refractivity contribution in [2.45, 2.75) is 50.2 Å². The number of nitrogens with one attached hydrogen (secondary N) is 3. The molecule has 1 aliphatic carbocycles. The molecule has 0 bridgehead atoms. The predicted molar refractivity (Wildman–Crippen MR) is 92.8 cm³/mol. The Bertz CT molecular complexity index is 924. The molecule has 2 aliphatic rings. The molecule has 1 amide bonds. The lowest BCUT2D eigenvalue weighted by atomic mass is 9.82. The van der Waals surface area contributed by atoms with Crippen LogP contribution in [0, 0.1) is 0 Å². The van der Waals surface area contributed by atoms with E-state index in [0.29, 0.717) is 23.2 Å². The van der Waals surface area contributed by atoms with Gasteiger partial charge in [0.25, 0.3) is 5.91 Å². The minimum atomic E-state index is -0.728. The van der Waals surface area contributed by atoms with Crippen LogP contribution in [0.2, 0.25) is 0 Å². The van der Waals surface area contributed by atoms with Crippen molar-refractivity contribution in [3.8, 4) is 0 Å². The van der Waals surface area contributed by atoms with Crippen molar-refractivity contribution >= 4 is 16.9 Å². The van der Waals surface area contributed by atoms with Crippen LogP contribution < -0.4 is 16.4 Å². The van der Waals surface area contributed by atoms with Gasteiger partial charge in [0.05, 0.1) is 29.3 Å². The molecular formula is C18H21N3O4. The molecule has 25 heavy (non-hydrogen) atoms. The number of amides is 1. The Balaban J connectivity index is 1.49. The van der Waals surface area contributed by atoms with Gasteiger partial charge >= 0.3 is 11.1 Å². The third-order valence-corrected chi connectivity index (χ3v) is 5.29. The summed E-state index contributed by atoms with van der Waals surface area (Å²) in [5.41, 5.74) is -0.112. The Hall–Kier alpha value is -2.41. The Labute approximate surface area is 143 Å². The van der Waals surface area contributed by atoms with E-state index in [0.717, 1.165) is 19.3 Å². The highest BCUT2D eigenvalue weighted by atomic mass is 16.5. The number of hydrogen-bond acceptors (Lipinski definition) is 4. The van der Waals surface area contributed by atoms with Crippen molar-refractivity contribution in [1.82, 2.24) is 15.3 Å². The summed E-state index contributed by atoms with van der Waals surface area (Å²) >= 11 is 0. The fourth-order valence-corrected chi connectivity index (χ4v) is 4.01. The van der Waals surface area contributed by atoms with E-state index < -0.39 is 11.1 Å². The van der Waals surface area contributed by atoms with Crippen LogP contribution in [0.25, 0.3) is 11.0 Å². The largest absolute Gasteiger partial charge is 0.373 e. The summed E-state index contributed by atoms with van der Waals surface area (Å²) in [6.07, 6.45) is 6.65. The number of ether oxygens (including phenoxy) is 1. The third kappa shape index (κ3) is 3.11. The Morgan fingerprint density at radius 2 is 1.80 bits per heavy atom. The summed E-state index contributed by atoms with van der Waals surface area (Å²) in [4.78, 5) is 40.3. The molecule has 1 aromatic carbocycles. The van der Waals surface area contributed by atoms with Crippen molar-refractivity contribution in [2.75, 3.05) is 6.61 Å². The number of aromatic nitrogens is 2. The van der Waals surface area contributed by atoms with Gasteiger partial charge in [0.1, 0.15) is 0 Å². The average Bonchev–Trinajstić information content (AvgIpc) is 2.98. The molecule has 0 unspecified atom stereocenters. The van der Waals surface area contributed by atoms with E-state index in [1.54, 1.807) is 18.2 Å². The Morgan fingerprint density at radius 1 is 1.08 bits per heavy atom. The zero-order valence-corrected chi connectivity index (χ0v) is 13.9. The van der Waals surface area contributed by atoms with E-state index in [1.807, 2.05) is 0 Å². The van der Waals surface area contributed by atoms with E-state index in [-0.39, 0.29) is 17.6 Å². The number of H-pyrrole nitrogens is 2. The second kappa shape index (κ2) is 6.15. The summed E-state index contributed by atoms with van der Waals surface area (Å²) < 4.78 is 6.03. The van der Waals surface area contributed by atoms with Gasteiger partial charge in [-0.15, -0.1) is 0 Å². The molecule has 3 N–H and O–H groups in total. The molecule has 7 nitrogen and oxygen atoms in total. The maximum absolute atomic E-state index is 12.5. The zero-order valence-electron chi connectivity index (χ0n) is 13.9. The van der Waals surface area contributed by atoms with Gasteiger partial charge in [-0.3, -0.25) is 14.4 Å². The van der Waals surface area contributed by atoms with Crippen LogP contribution in [0.15, 0.2) is 27.8 Å². The topological polar surface area (TPSA) is 104 Å². The van der Waals surface area contributed by atoms with Gasteiger partial charge in [0.15, 0.2) is 0 Å². The van der Waals surface area contributed by atoms with Crippen molar-refractivity contribution in [1.29, 1.82) is 0 Å². The molecule has 0 radical (unpaired) electrons. The molecule has 2 heterocycles. The summed E-state index contributed by atoms with van der Waals surface area (Å²) in [6.45, 7) is 0.545. The minimum absolute atomic E-state index is 0.0101. The molecule has 1 saturated carbocycles. The van der Waals surface area contributed by atoms with Crippen LogP contribution in [0.1, 0.15) is 48.9 Å². The van der Waals surface area contributed by atoms with Crippen molar-refractivity contribution in [2.24, 2.45) is 0 Å². The van der Waals surface area contributed by atoms with Crippen LogP contribution >= 0.6 is 0 Å². The van der Waals surface area contributed by atoms with Gasteiger partial charge in [0, 0.05) is 5.56 Å². The quantitative estimate of drug-likeness (QED) is 0.718. The second-order valence-electron chi connectivity index (χ2n) is 7.10. The van der Waals surface area contributed by atoms with E-state index in [4.69, 9.17) is 4.74 Å². The number of benzene rings is 1. The van der Waals surface area contributed by atoms with Gasteiger partial charge in [-0.1, -0.05) is 19.3 Å². The third-order valence-electron chi connectivity index (χ3n) is 5.29. The van der Waals surface area contributed by atoms with Gasteiger partial charge in [-0.2, -0.15) is 0 Å². The number of aromatic amines is 2. The molecule has 7 heteroatoms. The molecule has 2 fully saturated rings. The van der Waals surface area contributed by atoms with Crippen molar-refractivity contribution < 1.29 is 9.53 Å². The molecule has 1 atom stereocenters. The van der Waals surface area contributed by atoms with Crippen LogP contribution in [-0.2, 0) is 4.74 Å². The lowest BCUT2D eigenvalue weighted by Crippen LogP contribution is -2.37. The number of fused-ring (bicyclic) bond motifs is 1. The summed E-state index contributed by atoms with van der Waals surface area (Å²) in [7, 11) is 0. The first-order chi connectivity index (χ1) is 12.0. The predicted octanol–water partition coefficient (Wildman–Crippen LogP) is 1.44. The molecule has 1 saturated heterocycles. The summed E-state index contributed by atoms with van der Waals surface area (Å²) in [6, 6.07) is 4.85. The number of carbonyl (C=O) groups excluding carboxylic acids is 1. The maximum Gasteiger partial charge on any atom is 0.314 e. The highest BCUT2D eigenvalue weighted by Crippen LogP contribution is 2.39. The van der Waals surface area contributed by atoms with Crippen molar-refractivity contribution in [3.63, 3.8) is 0 Å². The van der Waals surface area contributed by atoms with E-state index in [2.05, 4.69) is 15.3 Å². The molecular weight excluding hydrogens is 322 g/mol. The lowest BCUT2D eigenvalue weighted by molar-refractivity contribution is -0.0246. The Kier molecular flexibility index (Phi) is 3.95. The molecule has 4 rings (SSSR count). The average molecular weight is 343 g/mol. The molecule has 1 aliphatic heterocycles. The number of hydrogen-bond donors (Lipinski definition) is 3. The standard InChI is InChI=1S/C18H21N3O4/c22-15(19-12-9-18(25-10-12)6-2-1-3-7-18)11-4-5-13-14(8-11)21-17(24)16(23)20-13/h4-5,8,12H,1-3,6-7,9-10H2,(H,19,22)(H,20,23)(H,21,24)/t12-/m0/s1. The van der Waals surface area contributed by atoms with Crippen LogP contribution in [0.5, 0.6) is 0 Å². The summed E-state index contributed by atoms with van der Waals surface area (Å²) in [5, 5.41) is 3.03. The fourth-order valence-electron chi connectivity index (χ4n) is 4.01. The van der Waals surface area contributed by atoms with E-state index >= 15 is 0 Å². The minimum Gasteiger partial charge on any atom is -0.373 e. The fraction of sp³-hybridized carbons (Fsp3) is 0.500. The summed E-state index contributed by atoms with van der Waals surface area (Å²) in [5.74, 6) is -0.199. The first-order valence-electron chi connectivity index (χ1n) is 8.76. The van der Waals surface area contributed by atoms with Gasteiger partial charge in [-0.25, -0.2) is 0 Å². The van der Waals surface area contributed by atoms with Gasteiger partial charge < -0.3 is 20.0 Å². The zero-order chi connectivity index (χ0) is 17.4. The van der Waals surface area contributed by atoms with Crippen LogP contribution in [0.3, 0.4) is 0 Å². The molecule has 1 spiro atoms. The van der Waals surface area contributed by atoms with Crippen molar-refractivity contribution in [3.05, 3.63) is 44.5 Å². The first kappa shape index (κ1) is 16.1. The van der Waals surface area contributed by atoms with E-state index in [1.165, 1.54) is 19.3 Å². The highest BCUT2D eigenvalue weighted by Gasteiger charge is 2.41. The highest BCUT2D eigenvalue weighted by molar-refractivity contribution is 5.97. The van der Waals surface area contributed by atoms with E-state index in [9.17, 15) is 14.4 Å². The Morgan fingerprint density at radius 3 is 2.56 bits per heavy atom. The number of carbonyl (C=O) groups is 1. The SMILES string of the molecule is O=C(N[C@@H]1COC2(CCCCC2)C1)c1ccc2[nH]c(=O)c(=O)[nH]c2c1. The normalized spacial score (nSPS) is 22.3.